The largest absolute Gasteiger partial charge is 0.309 e. The topological polar surface area (TPSA) is 72.3 Å². The number of nitriles is 1. The maximum Gasteiger partial charge on any atom is 0.238 e. The molecule has 0 atom stereocenters. The number of para-hydroxylation sites is 4. The lowest BCUT2D eigenvalue weighted by molar-refractivity contribution is 0.954. The Morgan fingerprint density at radius 1 is 0.314 bits per heavy atom. The molecular weight excluding hydrogens is 853 g/mol. The highest BCUT2D eigenvalue weighted by Gasteiger charge is 2.22. The third-order valence-electron chi connectivity index (χ3n) is 13.5. The van der Waals surface area contributed by atoms with Gasteiger partial charge in [-0.2, -0.15) is 15.2 Å². The van der Waals surface area contributed by atoms with Gasteiger partial charge >= 0.3 is 0 Å². The van der Waals surface area contributed by atoms with Crippen LogP contribution in [0.4, 0.5) is 0 Å². The van der Waals surface area contributed by atoms with Gasteiger partial charge in [-0.3, -0.25) is 4.57 Å². The van der Waals surface area contributed by atoms with Crippen LogP contribution in [0.25, 0.3) is 123 Å². The van der Waals surface area contributed by atoms with Crippen molar-refractivity contribution in [1.82, 2.24) is 24.1 Å². The van der Waals surface area contributed by atoms with Gasteiger partial charge in [0.25, 0.3) is 0 Å². The molecule has 0 N–H and O–H groups in total. The van der Waals surface area contributed by atoms with E-state index in [2.05, 4.69) is 228 Å². The molecule has 0 amide bonds. The molecule has 0 saturated heterocycles. The van der Waals surface area contributed by atoms with Crippen LogP contribution in [-0.2, 0) is 0 Å². The highest BCUT2D eigenvalue weighted by molar-refractivity contribution is 6.14. The summed E-state index contributed by atoms with van der Waals surface area (Å²) >= 11 is 0. The van der Waals surface area contributed by atoms with Gasteiger partial charge in [-0.05, 0) is 94.0 Å². The molecule has 0 aliphatic heterocycles. The minimum absolute atomic E-state index is 0.496. The quantitative estimate of drug-likeness (QED) is 0.152. The fraction of sp³-hybridized carbons (Fsp3) is 0. The highest BCUT2D eigenvalue weighted by atomic mass is 15.2. The minimum Gasteiger partial charge on any atom is -0.309 e. The summed E-state index contributed by atoms with van der Waals surface area (Å²) in [5, 5.41) is 14.3. The van der Waals surface area contributed by atoms with Crippen molar-refractivity contribution in [3.63, 3.8) is 0 Å². The normalized spacial score (nSPS) is 11.4. The molecule has 326 valence electrons. The number of aromatic nitrogens is 5. The van der Waals surface area contributed by atoms with Crippen LogP contribution in [0.2, 0.25) is 0 Å². The lowest BCUT2D eigenvalue weighted by atomic mass is 9.96. The Labute approximate surface area is 404 Å². The summed E-state index contributed by atoms with van der Waals surface area (Å²) in [6.45, 7) is 0. The van der Waals surface area contributed by atoms with Crippen molar-refractivity contribution in [1.29, 1.82) is 5.26 Å². The van der Waals surface area contributed by atoms with Crippen molar-refractivity contribution < 1.29 is 0 Å². The number of benzene rings is 10. The van der Waals surface area contributed by atoms with Gasteiger partial charge in [0.15, 0.2) is 11.6 Å². The Hall–Kier alpha value is -9.70. The summed E-state index contributed by atoms with van der Waals surface area (Å²) < 4.78 is 4.58. The summed E-state index contributed by atoms with van der Waals surface area (Å²) in [7, 11) is 0. The van der Waals surface area contributed by atoms with Crippen molar-refractivity contribution >= 4 is 43.6 Å². The molecule has 0 aliphatic carbocycles. The lowest BCUT2D eigenvalue weighted by Gasteiger charge is -2.17. The molecule has 0 saturated carbocycles. The Morgan fingerprint density at radius 3 is 1.39 bits per heavy atom. The molecule has 0 aliphatic rings. The van der Waals surface area contributed by atoms with Crippen LogP contribution in [0.5, 0.6) is 0 Å². The summed E-state index contributed by atoms with van der Waals surface area (Å²) in [4.78, 5) is 15.8. The molecule has 3 heterocycles. The van der Waals surface area contributed by atoms with Gasteiger partial charge in [-0.1, -0.05) is 182 Å². The number of hydrogen-bond acceptors (Lipinski definition) is 4. The van der Waals surface area contributed by atoms with Crippen molar-refractivity contribution in [2.45, 2.75) is 0 Å². The van der Waals surface area contributed by atoms with E-state index in [1.807, 2.05) is 30.3 Å². The van der Waals surface area contributed by atoms with Crippen LogP contribution >= 0.6 is 0 Å². The van der Waals surface area contributed by atoms with Crippen molar-refractivity contribution in [3.8, 4) is 85.0 Å². The van der Waals surface area contributed by atoms with E-state index in [-0.39, 0.29) is 0 Å². The summed E-state index contributed by atoms with van der Waals surface area (Å²) in [6, 6.07) is 87.1. The monoisotopic (exact) mass is 892 g/mol. The highest BCUT2D eigenvalue weighted by Crippen LogP contribution is 2.41. The van der Waals surface area contributed by atoms with Crippen LogP contribution < -0.4 is 0 Å². The smallest absolute Gasteiger partial charge is 0.238 e. The second kappa shape index (κ2) is 16.9. The molecule has 3 aromatic heterocycles. The molecule has 13 aromatic rings. The van der Waals surface area contributed by atoms with Gasteiger partial charge in [0.2, 0.25) is 5.95 Å². The molecule has 0 unspecified atom stereocenters. The van der Waals surface area contributed by atoms with E-state index in [1.165, 1.54) is 10.8 Å². The molecular formula is C64H40N6. The lowest BCUT2D eigenvalue weighted by Crippen LogP contribution is -2.07. The number of rotatable bonds is 8. The third kappa shape index (κ3) is 6.92. The van der Waals surface area contributed by atoms with E-state index in [0.29, 0.717) is 23.2 Å². The van der Waals surface area contributed by atoms with Crippen molar-refractivity contribution in [2.24, 2.45) is 0 Å². The van der Waals surface area contributed by atoms with Crippen LogP contribution in [0, 0.1) is 11.3 Å². The van der Waals surface area contributed by atoms with E-state index in [4.69, 9.17) is 15.0 Å². The van der Waals surface area contributed by atoms with E-state index >= 15 is 0 Å². The van der Waals surface area contributed by atoms with Crippen molar-refractivity contribution in [2.75, 3.05) is 0 Å². The zero-order chi connectivity index (χ0) is 46.5. The summed E-state index contributed by atoms with van der Waals surface area (Å²) in [5.74, 6) is 1.54. The Morgan fingerprint density at radius 2 is 0.771 bits per heavy atom. The van der Waals surface area contributed by atoms with Gasteiger partial charge < -0.3 is 4.57 Å². The average Bonchev–Trinajstić information content (AvgIpc) is 3.96. The fourth-order valence-electron chi connectivity index (χ4n) is 10.1. The molecule has 6 heteroatoms. The SMILES string of the molecule is N#Cc1ccc(-c2nc(-c3ccc(-c4cc(-c5ccccc5)ccc4-n4c5ccccc5c5ccccc54)cc3)nc(-n3c4ccccc4c4cccc(-c5cccc(-c6ccccc6)c5)c43)n2)cc1. The minimum atomic E-state index is 0.496. The zero-order valence-corrected chi connectivity index (χ0v) is 37.8. The number of hydrogen-bond donors (Lipinski definition) is 0. The predicted molar refractivity (Wildman–Crippen MR) is 286 cm³/mol. The third-order valence-corrected chi connectivity index (χ3v) is 13.5. The number of nitrogens with zero attached hydrogens (tertiary/aromatic N) is 6. The standard InChI is InChI=1S/C64H40N6/c65-41-42-29-31-46(32-30-42)62-66-63(68-64(67-62)70-59-28-12-9-23-54(59)55-25-14-24-51(61(55)70)50-20-13-19-48(39-50)43-15-3-1-4-16-43)47-35-33-45(34-36-47)56-40-49(44-17-5-2-6-18-44)37-38-60(56)69-57-26-10-7-21-52(57)53-22-8-11-27-58(53)69/h1-40H. The Bertz CT molecular complexity index is 4110. The zero-order valence-electron chi connectivity index (χ0n) is 37.8. The first-order chi connectivity index (χ1) is 34.7. The van der Waals surface area contributed by atoms with Crippen molar-refractivity contribution in [3.05, 3.63) is 248 Å². The first kappa shape index (κ1) is 40.6. The van der Waals surface area contributed by atoms with Crippen LogP contribution in [0.3, 0.4) is 0 Å². The van der Waals surface area contributed by atoms with Crippen LogP contribution in [-0.4, -0.2) is 24.1 Å². The molecule has 0 bridgehead atoms. The van der Waals surface area contributed by atoms with E-state index < -0.39 is 0 Å². The molecule has 0 spiro atoms. The van der Waals surface area contributed by atoms with Gasteiger partial charge in [0, 0.05) is 43.8 Å². The first-order valence-electron chi connectivity index (χ1n) is 23.4. The summed E-state index contributed by atoms with van der Waals surface area (Å²) in [5.41, 5.74) is 16.5. The first-order valence-corrected chi connectivity index (χ1v) is 23.4. The van der Waals surface area contributed by atoms with Gasteiger partial charge in [0.05, 0.1) is 39.4 Å². The molecule has 0 fully saturated rings. The van der Waals surface area contributed by atoms with Gasteiger partial charge in [-0.15, -0.1) is 0 Å². The maximum absolute atomic E-state index is 9.71. The van der Waals surface area contributed by atoms with E-state index in [0.717, 1.165) is 94.2 Å². The van der Waals surface area contributed by atoms with Crippen LogP contribution in [0.1, 0.15) is 5.56 Å². The maximum atomic E-state index is 9.71. The molecule has 10 aromatic carbocycles. The second-order valence-corrected chi connectivity index (χ2v) is 17.5. The second-order valence-electron chi connectivity index (χ2n) is 17.5. The van der Waals surface area contributed by atoms with Gasteiger partial charge in [0.1, 0.15) is 0 Å². The Balaban J connectivity index is 1.00. The average molecular weight is 893 g/mol. The summed E-state index contributed by atoms with van der Waals surface area (Å²) in [6.07, 6.45) is 0. The van der Waals surface area contributed by atoms with Crippen LogP contribution in [0.15, 0.2) is 243 Å². The molecule has 13 rings (SSSR count). The number of fused-ring (bicyclic) bond motifs is 6. The van der Waals surface area contributed by atoms with E-state index in [9.17, 15) is 5.26 Å². The predicted octanol–water partition coefficient (Wildman–Crippen LogP) is 15.9. The molecule has 0 radical (unpaired) electrons. The Kier molecular flexibility index (Phi) is 9.78. The van der Waals surface area contributed by atoms with E-state index in [1.54, 1.807) is 0 Å². The molecule has 70 heavy (non-hydrogen) atoms. The fourth-order valence-corrected chi connectivity index (χ4v) is 10.1. The molecule has 6 nitrogen and oxygen atoms in total. The van der Waals surface area contributed by atoms with Gasteiger partial charge in [-0.25, -0.2) is 4.98 Å².